The molecule has 1 fully saturated rings. The second-order valence-electron chi connectivity index (χ2n) is 7.70. The molecule has 166 valence electrons. The molecular formula is C22H18N6O5. The van der Waals surface area contributed by atoms with E-state index in [9.17, 15) is 19.2 Å². The number of hydrogen-bond donors (Lipinski definition) is 1. The number of ether oxygens (including phenoxy) is 1. The van der Waals surface area contributed by atoms with Crippen molar-refractivity contribution < 1.29 is 23.9 Å². The summed E-state index contributed by atoms with van der Waals surface area (Å²) in [5, 5.41) is 10.6. The number of nitrogens with one attached hydrogen (secondary N) is 1. The average Bonchev–Trinajstić information content (AvgIpc) is 3.44. The van der Waals surface area contributed by atoms with Crippen molar-refractivity contribution in [1.82, 2.24) is 30.2 Å². The highest BCUT2D eigenvalue weighted by molar-refractivity contribution is 6.05. The number of pyridine rings is 1. The summed E-state index contributed by atoms with van der Waals surface area (Å²) >= 11 is 0. The van der Waals surface area contributed by atoms with Gasteiger partial charge in [-0.05, 0) is 36.2 Å². The molecule has 2 aliphatic heterocycles. The number of fused-ring (bicyclic) bond motifs is 1. The first kappa shape index (κ1) is 20.5. The lowest BCUT2D eigenvalue weighted by Gasteiger charge is -2.29. The van der Waals surface area contributed by atoms with E-state index in [1.165, 1.54) is 29.1 Å². The van der Waals surface area contributed by atoms with E-state index in [-0.39, 0.29) is 24.8 Å². The van der Waals surface area contributed by atoms with Crippen LogP contribution in [0.1, 0.15) is 39.1 Å². The van der Waals surface area contributed by atoms with E-state index in [1.807, 2.05) is 6.07 Å². The van der Waals surface area contributed by atoms with Crippen LogP contribution in [0, 0.1) is 0 Å². The van der Waals surface area contributed by atoms with Gasteiger partial charge >= 0.3 is 5.97 Å². The largest absolute Gasteiger partial charge is 0.465 e. The van der Waals surface area contributed by atoms with Crippen LogP contribution in [0.25, 0.3) is 16.9 Å². The Kier molecular flexibility index (Phi) is 4.93. The maximum atomic E-state index is 12.9. The molecule has 0 bridgehead atoms. The molecule has 0 saturated carbocycles. The molecule has 4 heterocycles. The van der Waals surface area contributed by atoms with Gasteiger partial charge in [-0.25, -0.2) is 9.48 Å². The Morgan fingerprint density at radius 1 is 1.18 bits per heavy atom. The fourth-order valence-corrected chi connectivity index (χ4v) is 4.10. The van der Waals surface area contributed by atoms with Crippen molar-refractivity contribution in [3.05, 3.63) is 59.5 Å². The van der Waals surface area contributed by atoms with E-state index in [0.717, 1.165) is 5.56 Å². The van der Waals surface area contributed by atoms with Gasteiger partial charge in [0.25, 0.3) is 5.91 Å². The number of hydrogen-bond acceptors (Lipinski definition) is 8. The van der Waals surface area contributed by atoms with Crippen LogP contribution in [0.15, 0.2) is 42.9 Å². The highest BCUT2D eigenvalue weighted by Crippen LogP contribution is 2.29. The fourth-order valence-electron chi connectivity index (χ4n) is 4.10. The standard InChI is InChI=1S/C22H18N6O5/c1-33-22(32)15-6-7-23-9-16(15)17-11-28(26-25-17)13-2-3-14-12(8-13)10-27(21(14)31)18-4-5-19(29)24-20(18)30/h2-3,6-9,11,18H,4-5,10H2,1H3,(H,24,29,30). The normalized spacial score (nSPS) is 17.7. The van der Waals surface area contributed by atoms with Crippen molar-refractivity contribution >= 4 is 23.7 Å². The zero-order valence-electron chi connectivity index (χ0n) is 17.5. The molecule has 3 aromatic rings. The number of carbonyl (C=O) groups excluding carboxylic acids is 4. The van der Waals surface area contributed by atoms with Crippen molar-refractivity contribution in [2.24, 2.45) is 0 Å². The minimum absolute atomic E-state index is 0.200. The van der Waals surface area contributed by atoms with Gasteiger partial charge in [0.1, 0.15) is 11.7 Å². The van der Waals surface area contributed by atoms with Crippen LogP contribution in [0.3, 0.4) is 0 Å². The fraction of sp³-hybridized carbons (Fsp3) is 0.227. The highest BCUT2D eigenvalue weighted by atomic mass is 16.5. The lowest BCUT2D eigenvalue weighted by Crippen LogP contribution is -2.52. The predicted molar refractivity (Wildman–Crippen MR) is 112 cm³/mol. The highest BCUT2D eigenvalue weighted by Gasteiger charge is 2.39. The maximum absolute atomic E-state index is 12.9. The summed E-state index contributed by atoms with van der Waals surface area (Å²) in [6.45, 7) is 0.255. The Balaban J connectivity index is 1.42. The number of aromatic nitrogens is 4. The van der Waals surface area contributed by atoms with Crippen LogP contribution in [0.5, 0.6) is 0 Å². The summed E-state index contributed by atoms with van der Waals surface area (Å²) in [5.74, 6) is -1.53. The molecule has 2 aromatic heterocycles. The summed E-state index contributed by atoms with van der Waals surface area (Å²) in [7, 11) is 1.30. The molecule has 33 heavy (non-hydrogen) atoms. The van der Waals surface area contributed by atoms with Crippen molar-refractivity contribution in [3.63, 3.8) is 0 Å². The van der Waals surface area contributed by atoms with Gasteiger partial charge in [-0.1, -0.05) is 5.21 Å². The SMILES string of the molecule is COC(=O)c1ccncc1-c1cn(-c2ccc3c(c2)CN(C2CCC(=O)NC2=O)C3=O)nn1. The Morgan fingerprint density at radius 3 is 2.82 bits per heavy atom. The first-order chi connectivity index (χ1) is 16.0. The monoisotopic (exact) mass is 446 g/mol. The quantitative estimate of drug-likeness (QED) is 0.461. The number of amides is 3. The smallest absolute Gasteiger partial charge is 0.338 e. The van der Waals surface area contributed by atoms with Gasteiger partial charge in [-0.15, -0.1) is 5.10 Å². The van der Waals surface area contributed by atoms with Crippen LogP contribution < -0.4 is 5.32 Å². The Labute approximate surface area is 187 Å². The van der Waals surface area contributed by atoms with Gasteiger partial charge in [0.2, 0.25) is 11.8 Å². The van der Waals surface area contributed by atoms with Crippen LogP contribution >= 0.6 is 0 Å². The number of benzene rings is 1. The van der Waals surface area contributed by atoms with Crippen LogP contribution in [-0.4, -0.2) is 61.7 Å². The van der Waals surface area contributed by atoms with E-state index in [1.54, 1.807) is 24.4 Å². The third-order valence-electron chi connectivity index (χ3n) is 5.77. The van der Waals surface area contributed by atoms with Gasteiger partial charge < -0.3 is 9.64 Å². The van der Waals surface area contributed by atoms with E-state index in [2.05, 4.69) is 20.6 Å². The summed E-state index contributed by atoms with van der Waals surface area (Å²) in [6, 6.07) is 6.09. The van der Waals surface area contributed by atoms with Gasteiger partial charge in [0, 0.05) is 36.5 Å². The molecule has 11 nitrogen and oxygen atoms in total. The Hall–Kier alpha value is -4.41. The van der Waals surface area contributed by atoms with Gasteiger partial charge in [-0.2, -0.15) is 0 Å². The summed E-state index contributed by atoms with van der Waals surface area (Å²) < 4.78 is 6.35. The maximum Gasteiger partial charge on any atom is 0.338 e. The molecule has 1 aromatic carbocycles. The molecule has 0 radical (unpaired) electrons. The zero-order valence-corrected chi connectivity index (χ0v) is 17.5. The summed E-state index contributed by atoms with van der Waals surface area (Å²) in [6.07, 6.45) is 5.16. The molecule has 1 unspecified atom stereocenters. The molecular weight excluding hydrogens is 428 g/mol. The molecule has 1 atom stereocenters. The number of esters is 1. The van der Waals surface area contributed by atoms with E-state index in [0.29, 0.717) is 34.5 Å². The van der Waals surface area contributed by atoms with Gasteiger partial charge in [0.05, 0.1) is 24.6 Å². The molecule has 0 aliphatic carbocycles. The first-order valence-electron chi connectivity index (χ1n) is 10.2. The lowest BCUT2D eigenvalue weighted by molar-refractivity contribution is -0.136. The molecule has 11 heteroatoms. The van der Waals surface area contributed by atoms with Crippen molar-refractivity contribution in [2.45, 2.75) is 25.4 Å². The second-order valence-corrected chi connectivity index (χ2v) is 7.70. The van der Waals surface area contributed by atoms with E-state index in [4.69, 9.17) is 4.74 Å². The van der Waals surface area contributed by atoms with Gasteiger partial charge in [-0.3, -0.25) is 24.7 Å². The third-order valence-corrected chi connectivity index (χ3v) is 5.77. The lowest BCUT2D eigenvalue weighted by atomic mass is 10.0. The van der Waals surface area contributed by atoms with Crippen LogP contribution in [0.4, 0.5) is 0 Å². The minimum Gasteiger partial charge on any atom is -0.465 e. The number of methoxy groups -OCH3 is 1. The van der Waals surface area contributed by atoms with Crippen molar-refractivity contribution in [2.75, 3.05) is 7.11 Å². The predicted octanol–water partition coefficient (Wildman–Crippen LogP) is 0.877. The topological polar surface area (TPSA) is 136 Å². The average molecular weight is 446 g/mol. The van der Waals surface area contributed by atoms with E-state index >= 15 is 0 Å². The Morgan fingerprint density at radius 2 is 2.03 bits per heavy atom. The zero-order chi connectivity index (χ0) is 23.1. The number of rotatable bonds is 4. The number of carbonyl (C=O) groups is 4. The Bertz CT molecular complexity index is 1320. The van der Waals surface area contributed by atoms with Crippen LogP contribution in [0.2, 0.25) is 0 Å². The summed E-state index contributed by atoms with van der Waals surface area (Å²) in [5.41, 5.74) is 3.15. The number of imide groups is 1. The van der Waals surface area contributed by atoms with Gasteiger partial charge in [0.15, 0.2) is 0 Å². The molecule has 3 amide bonds. The summed E-state index contributed by atoms with van der Waals surface area (Å²) in [4.78, 5) is 54.1. The number of piperidine rings is 1. The van der Waals surface area contributed by atoms with Crippen molar-refractivity contribution in [1.29, 1.82) is 0 Å². The van der Waals surface area contributed by atoms with Crippen LogP contribution in [-0.2, 0) is 20.9 Å². The first-order valence-corrected chi connectivity index (χ1v) is 10.2. The molecule has 5 rings (SSSR count). The second kappa shape index (κ2) is 7.93. The molecule has 1 N–H and O–H groups in total. The van der Waals surface area contributed by atoms with E-state index < -0.39 is 17.9 Å². The minimum atomic E-state index is -0.675. The number of nitrogens with zero attached hydrogens (tertiary/aromatic N) is 5. The molecule has 2 aliphatic rings. The van der Waals surface area contributed by atoms with Crippen molar-refractivity contribution in [3.8, 4) is 16.9 Å². The third kappa shape index (κ3) is 3.53. The molecule has 0 spiro atoms. The molecule has 1 saturated heterocycles.